The lowest BCUT2D eigenvalue weighted by atomic mass is 9.72. The van der Waals surface area contributed by atoms with Crippen LogP contribution >= 0.6 is 0 Å². The fourth-order valence-corrected chi connectivity index (χ4v) is 5.75. The maximum absolute atomic E-state index is 12.6. The van der Waals surface area contributed by atoms with E-state index in [4.69, 9.17) is 14.2 Å². The molecule has 0 amide bonds. The Balaban J connectivity index is 1.83. The third kappa shape index (κ3) is 3.33. The van der Waals surface area contributed by atoms with Gasteiger partial charge in [-0.2, -0.15) is 0 Å². The van der Waals surface area contributed by atoms with Gasteiger partial charge in [0.25, 0.3) is 0 Å². The molecule has 3 aliphatic heterocycles. The fourth-order valence-electron chi connectivity index (χ4n) is 5.75. The Labute approximate surface area is 182 Å². The van der Waals surface area contributed by atoms with Crippen molar-refractivity contribution in [2.45, 2.75) is 78.3 Å². The first-order valence-corrected chi connectivity index (χ1v) is 11.0. The fraction of sp³-hybridized carbons (Fsp3) is 0.667. The van der Waals surface area contributed by atoms with Crippen LogP contribution in [0.1, 0.15) is 60.8 Å². The first kappa shape index (κ1) is 22.1. The van der Waals surface area contributed by atoms with Crippen LogP contribution in [-0.2, 0) is 23.8 Å². The number of rotatable bonds is 1. The number of carbonyl (C=O) groups is 2. The Morgan fingerprint density at radius 3 is 2.52 bits per heavy atom. The summed E-state index contributed by atoms with van der Waals surface area (Å²) in [6.07, 6.45) is 3.13. The van der Waals surface area contributed by atoms with Gasteiger partial charge in [-0.05, 0) is 69.6 Å². The summed E-state index contributed by atoms with van der Waals surface area (Å²) in [6, 6.07) is 0. The van der Waals surface area contributed by atoms with Gasteiger partial charge in [-0.1, -0.05) is 19.9 Å². The second-order valence-corrected chi connectivity index (χ2v) is 10.1. The van der Waals surface area contributed by atoms with Gasteiger partial charge in [-0.25, -0.2) is 4.79 Å². The lowest BCUT2D eigenvalue weighted by molar-refractivity contribution is -0.201. The summed E-state index contributed by atoms with van der Waals surface area (Å²) >= 11 is 0. The highest BCUT2D eigenvalue weighted by Crippen LogP contribution is 2.53. The highest BCUT2D eigenvalue weighted by atomic mass is 16.7. The Morgan fingerprint density at radius 2 is 1.87 bits per heavy atom. The third-order valence-corrected chi connectivity index (χ3v) is 7.46. The zero-order valence-electron chi connectivity index (χ0n) is 19.0. The molecule has 0 spiro atoms. The molecule has 4 rings (SSSR count). The van der Waals surface area contributed by atoms with Crippen LogP contribution in [-0.4, -0.2) is 39.6 Å². The highest BCUT2D eigenvalue weighted by molar-refractivity contribution is 5.88. The maximum Gasteiger partial charge on any atom is 0.373 e. The Hall–Kier alpha value is -2.12. The molecular formula is C24H32O7. The van der Waals surface area contributed by atoms with E-state index in [1.54, 1.807) is 0 Å². The van der Waals surface area contributed by atoms with Gasteiger partial charge in [0.15, 0.2) is 5.79 Å². The summed E-state index contributed by atoms with van der Waals surface area (Å²) in [5.74, 6) is -3.90. The summed E-state index contributed by atoms with van der Waals surface area (Å²) in [5.41, 5.74) is 1.65. The van der Waals surface area contributed by atoms with Crippen molar-refractivity contribution in [1.29, 1.82) is 0 Å². The van der Waals surface area contributed by atoms with Crippen molar-refractivity contribution >= 4 is 11.9 Å². The minimum Gasteiger partial charge on any atom is -0.502 e. The number of hydrogen-bond acceptors (Lipinski definition) is 7. The van der Waals surface area contributed by atoms with Gasteiger partial charge in [0.2, 0.25) is 5.76 Å². The molecule has 31 heavy (non-hydrogen) atoms. The molecule has 7 heteroatoms. The molecule has 0 aromatic carbocycles. The van der Waals surface area contributed by atoms with Crippen molar-refractivity contribution < 1.29 is 34.0 Å². The summed E-state index contributed by atoms with van der Waals surface area (Å²) in [4.78, 5) is 25.1. The van der Waals surface area contributed by atoms with E-state index in [1.165, 1.54) is 6.92 Å². The first-order chi connectivity index (χ1) is 14.4. The molecule has 2 fully saturated rings. The average Bonchev–Trinajstić information content (AvgIpc) is 3.16. The van der Waals surface area contributed by atoms with Crippen LogP contribution in [0.4, 0.5) is 0 Å². The standard InChI is InChI=1S/C24H32O7/c1-11(2)15-14-8-7-12(3)20-16-17(24(6,28)30-20)21(26)29-19(16)13(4)9-10-23(14,5)31-22(27)18(15)25/h7,11,14,16-17,20,25,28H,8-10H2,1-6H3/b12-7-,19-13+/t14-,16+,17-,20-,23+,24-/m1/s1. The van der Waals surface area contributed by atoms with E-state index in [0.29, 0.717) is 30.6 Å². The van der Waals surface area contributed by atoms with Crippen LogP contribution in [0.2, 0.25) is 0 Å². The topological polar surface area (TPSA) is 102 Å². The molecule has 3 heterocycles. The van der Waals surface area contributed by atoms with Crippen molar-refractivity contribution in [1.82, 2.24) is 0 Å². The number of aliphatic hydroxyl groups is 2. The molecule has 6 atom stereocenters. The zero-order chi connectivity index (χ0) is 22.9. The molecule has 0 bridgehead atoms. The molecule has 0 aromatic heterocycles. The molecule has 4 aliphatic rings. The van der Waals surface area contributed by atoms with Crippen LogP contribution in [0, 0.1) is 23.7 Å². The van der Waals surface area contributed by atoms with Crippen LogP contribution in [0.25, 0.3) is 0 Å². The van der Waals surface area contributed by atoms with Gasteiger partial charge in [-0.15, -0.1) is 0 Å². The summed E-state index contributed by atoms with van der Waals surface area (Å²) in [6.45, 7) is 11.2. The molecule has 7 nitrogen and oxygen atoms in total. The molecule has 0 radical (unpaired) electrons. The van der Waals surface area contributed by atoms with Gasteiger partial charge in [-0.3, -0.25) is 4.79 Å². The number of aliphatic hydroxyl groups excluding tert-OH is 1. The summed E-state index contributed by atoms with van der Waals surface area (Å²) in [7, 11) is 0. The normalized spacial score (nSPS) is 44.8. The maximum atomic E-state index is 12.6. The molecule has 1 aliphatic carbocycles. The molecule has 170 valence electrons. The van der Waals surface area contributed by atoms with Gasteiger partial charge < -0.3 is 24.4 Å². The lowest BCUT2D eigenvalue weighted by Gasteiger charge is -2.43. The van der Waals surface area contributed by atoms with E-state index >= 15 is 0 Å². The second kappa shape index (κ2) is 7.20. The van der Waals surface area contributed by atoms with Gasteiger partial charge in [0.1, 0.15) is 17.3 Å². The SMILES string of the molecule is C/C1=C/C[C@@H]2C(C(C)C)=C(O)C(=O)O[C@@]2(C)CC/C(C)=C2/OC(=O)[C@H]3[C@@H]2[C@@H]1O[C@@]3(C)O. The Kier molecular flexibility index (Phi) is 5.13. The largest absolute Gasteiger partial charge is 0.502 e. The number of ether oxygens (including phenoxy) is 3. The minimum absolute atomic E-state index is 0.0244. The van der Waals surface area contributed by atoms with Crippen molar-refractivity contribution in [2.75, 3.05) is 0 Å². The number of fused-ring (bicyclic) bond motifs is 1. The monoisotopic (exact) mass is 432 g/mol. The first-order valence-electron chi connectivity index (χ1n) is 11.0. The van der Waals surface area contributed by atoms with E-state index in [2.05, 4.69) is 0 Å². The number of allylic oxidation sites excluding steroid dienone is 2. The lowest BCUT2D eigenvalue weighted by Crippen LogP contribution is -2.46. The van der Waals surface area contributed by atoms with Crippen LogP contribution in [0.15, 0.2) is 34.3 Å². The van der Waals surface area contributed by atoms with E-state index < -0.39 is 35.3 Å². The molecule has 2 N–H and O–H groups in total. The van der Waals surface area contributed by atoms with Crippen LogP contribution in [0.5, 0.6) is 0 Å². The van der Waals surface area contributed by atoms with Gasteiger partial charge in [0.05, 0.1) is 12.0 Å². The van der Waals surface area contributed by atoms with Gasteiger partial charge in [0, 0.05) is 5.92 Å². The molecule has 0 unspecified atom stereocenters. The van der Waals surface area contributed by atoms with Crippen molar-refractivity contribution in [3.63, 3.8) is 0 Å². The Bertz CT molecular complexity index is 922. The smallest absolute Gasteiger partial charge is 0.373 e. The third-order valence-electron chi connectivity index (χ3n) is 7.46. The Morgan fingerprint density at radius 1 is 1.19 bits per heavy atom. The summed E-state index contributed by atoms with van der Waals surface area (Å²) in [5, 5.41) is 21.3. The zero-order valence-corrected chi connectivity index (χ0v) is 19.0. The van der Waals surface area contributed by atoms with E-state index in [0.717, 1.165) is 11.1 Å². The molecule has 0 aromatic rings. The minimum atomic E-state index is -1.61. The van der Waals surface area contributed by atoms with E-state index in [9.17, 15) is 19.8 Å². The van der Waals surface area contributed by atoms with Crippen molar-refractivity contribution in [2.24, 2.45) is 23.7 Å². The van der Waals surface area contributed by atoms with E-state index in [-0.39, 0.29) is 23.5 Å². The predicted molar refractivity (Wildman–Crippen MR) is 111 cm³/mol. The molecular weight excluding hydrogens is 400 g/mol. The van der Waals surface area contributed by atoms with Crippen LogP contribution < -0.4 is 0 Å². The van der Waals surface area contributed by atoms with Crippen molar-refractivity contribution in [3.8, 4) is 0 Å². The quantitative estimate of drug-likeness (QED) is 0.481. The van der Waals surface area contributed by atoms with Gasteiger partial charge >= 0.3 is 11.9 Å². The number of esters is 2. The highest BCUT2D eigenvalue weighted by Gasteiger charge is 2.62. The number of hydrogen-bond donors (Lipinski definition) is 2. The summed E-state index contributed by atoms with van der Waals surface area (Å²) < 4.78 is 17.4. The van der Waals surface area contributed by atoms with E-state index in [1.807, 2.05) is 40.7 Å². The average molecular weight is 433 g/mol. The van der Waals surface area contributed by atoms with Crippen LogP contribution in [0.3, 0.4) is 0 Å². The van der Waals surface area contributed by atoms with Crippen molar-refractivity contribution in [3.05, 3.63) is 34.3 Å². The number of carbonyl (C=O) groups excluding carboxylic acids is 2. The molecule has 0 saturated carbocycles. The predicted octanol–water partition coefficient (Wildman–Crippen LogP) is 3.69. The second-order valence-electron chi connectivity index (χ2n) is 10.1. The molecule has 2 saturated heterocycles.